The number of hydrogen-bond donors (Lipinski definition) is 1. The molecule has 2 aromatic heterocycles. The van der Waals surface area contributed by atoms with Gasteiger partial charge in [0.05, 0.1) is 11.4 Å². The largest absolute Gasteiger partial charge is 0.351 e. The summed E-state index contributed by atoms with van der Waals surface area (Å²) in [6, 6.07) is 17.9. The molecule has 0 unspecified atom stereocenters. The lowest BCUT2D eigenvalue weighted by atomic mass is 10.1. The molecule has 4 nitrogen and oxygen atoms in total. The third kappa shape index (κ3) is 5.16. The standard InChI is InChI=1S/C20H19N3OS/c24-19(15-25-14-16-5-2-1-3-6-16)23-13-18-7-4-10-22-20(18)17-8-11-21-12-9-17/h1-12H,13-15H2,(H,23,24). The lowest BCUT2D eigenvalue weighted by molar-refractivity contribution is -0.118. The van der Waals surface area contributed by atoms with Gasteiger partial charge in [-0.25, -0.2) is 0 Å². The molecule has 0 fully saturated rings. The molecule has 0 spiro atoms. The summed E-state index contributed by atoms with van der Waals surface area (Å²) < 4.78 is 0. The van der Waals surface area contributed by atoms with E-state index >= 15 is 0 Å². The maximum atomic E-state index is 12.1. The second-order valence-electron chi connectivity index (χ2n) is 5.50. The van der Waals surface area contributed by atoms with Crippen molar-refractivity contribution in [3.05, 3.63) is 84.3 Å². The number of carbonyl (C=O) groups is 1. The average Bonchev–Trinajstić information content (AvgIpc) is 2.68. The Morgan fingerprint density at radius 1 is 0.960 bits per heavy atom. The number of hydrogen-bond acceptors (Lipinski definition) is 4. The molecule has 0 aliphatic rings. The minimum atomic E-state index is 0.0328. The summed E-state index contributed by atoms with van der Waals surface area (Å²) in [5, 5.41) is 2.98. The number of pyridine rings is 2. The zero-order valence-corrected chi connectivity index (χ0v) is 14.6. The first-order chi connectivity index (χ1) is 12.3. The molecule has 2 heterocycles. The minimum Gasteiger partial charge on any atom is -0.351 e. The van der Waals surface area contributed by atoms with Crippen LogP contribution in [0, 0.1) is 0 Å². The number of benzene rings is 1. The van der Waals surface area contributed by atoms with Crippen LogP contribution in [0.5, 0.6) is 0 Å². The van der Waals surface area contributed by atoms with Gasteiger partial charge < -0.3 is 5.32 Å². The van der Waals surface area contributed by atoms with E-state index < -0.39 is 0 Å². The summed E-state index contributed by atoms with van der Waals surface area (Å²) in [6.07, 6.45) is 5.25. The Hall–Kier alpha value is -2.66. The molecule has 0 saturated carbocycles. The normalized spacial score (nSPS) is 10.4. The van der Waals surface area contributed by atoms with Crippen LogP contribution in [0.1, 0.15) is 11.1 Å². The van der Waals surface area contributed by atoms with Gasteiger partial charge in [0.15, 0.2) is 0 Å². The number of nitrogens with one attached hydrogen (secondary N) is 1. The highest BCUT2D eigenvalue weighted by Gasteiger charge is 2.08. The van der Waals surface area contributed by atoms with Gasteiger partial charge in [0.1, 0.15) is 0 Å². The highest BCUT2D eigenvalue weighted by atomic mass is 32.2. The molecular weight excluding hydrogens is 330 g/mol. The van der Waals surface area contributed by atoms with E-state index in [2.05, 4.69) is 27.4 Å². The molecule has 0 saturated heterocycles. The number of nitrogens with zero attached hydrogens (tertiary/aromatic N) is 2. The Labute approximate surface area is 151 Å². The molecule has 0 bridgehead atoms. The van der Waals surface area contributed by atoms with Crippen molar-refractivity contribution in [3.8, 4) is 11.3 Å². The lowest BCUT2D eigenvalue weighted by Crippen LogP contribution is -2.25. The minimum absolute atomic E-state index is 0.0328. The van der Waals surface area contributed by atoms with Gasteiger partial charge in [0, 0.05) is 36.5 Å². The lowest BCUT2D eigenvalue weighted by Gasteiger charge is -2.10. The van der Waals surface area contributed by atoms with Crippen molar-refractivity contribution in [2.75, 3.05) is 5.75 Å². The Morgan fingerprint density at radius 2 is 1.76 bits per heavy atom. The molecule has 0 atom stereocenters. The average molecular weight is 349 g/mol. The molecule has 3 rings (SSSR count). The fraction of sp³-hybridized carbons (Fsp3) is 0.150. The maximum Gasteiger partial charge on any atom is 0.230 e. The van der Waals surface area contributed by atoms with E-state index in [1.165, 1.54) is 5.56 Å². The van der Waals surface area contributed by atoms with Crippen LogP contribution in [0.25, 0.3) is 11.3 Å². The van der Waals surface area contributed by atoms with Gasteiger partial charge in [-0.2, -0.15) is 0 Å². The molecule has 5 heteroatoms. The van der Waals surface area contributed by atoms with Gasteiger partial charge in [-0.3, -0.25) is 14.8 Å². The predicted octanol–water partition coefficient (Wildman–Crippen LogP) is 3.69. The number of amides is 1. The van der Waals surface area contributed by atoms with Crippen molar-refractivity contribution in [1.82, 2.24) is 15.3 Å². The van der Waals surface area contributed by atoms with Crippen molar-refractivity contribution in [1.29, 1.82) is 0 Å². The van der Waals surface area contributed by atoms with E-state index in [1.54, 1.807) is 30.4 Å². The Balaban J connectivity index is 1.52. The van der Waals surface area contributed by atoms with E-state index in [4.69, 9.17) is 0 Å². The Bertz CT molecular complexity index is 809. The first-order valence-electron chi connectivity index (χ1n) is 8.05. The number of rotatable bonds is 7. The van der Waals surface area contributed by atoms with Gasteiger partial charge in [-0.15, -0.1) is 11.8 Å². The molecular formula is C20H19N3OS. The van der Waals surface area contributed by atoms with E-state index in [0.717, 1.165) is 22.6 Å². The molecule has 0 aliphatic carbocycles. The first-order valence-corrected chi connectivity index (χ1v) is 9.21. The Morgan fingerprint density at radius 3 is 2.56 bits per heavy atom. The molecule has 126 valence electrons. The van der Waals surface area contributed by atoms with Gasteiger partial charge in [-0.05, 0) is 29.3 Å². The van der Waals surface area contributed by atoms with Crippen LogP contribution < -0.4 is 5.32 Å². The van der Waals surface area contributed by atoms with Crippen LogP contribution in [-0.2, 0) is 17.1 Å². The molecule has 3 aromatic rings. The topological polar surface area (TPSA) is 54.9 Å². The fourth-order valence-electron chi connectivity index (χ4n) is 2.43. The number of carbonyl (C=O) groups excluding carboxylic acids is 1. The Kier molecular flexibility index (Phi) is 6.17. The number of thioether (sulfide) groups is 1. The fourth-order valence-corrected chi connectivity index (χ4v) is 3.25. The smallest absolute Gasteiger partial charge is 0.230 e. The summed E-state index contributed by atoms with van der Waals surface area (Å²) >= 11 is 1.61. The van der Waals surface area contributed by atoms with Crippen LogP contribution >= 0.6 is 11.8 Å². The molecule has 1 amide bonds. The summed E-state index contributed by atoms with van der Waals surface area (Å²) in [7, 11) is 0. The van der Waals surface area contributed by atoms with Crippen LogP contribution in [0.3, 0.4) is 0 Å². The zero-order valence-electron chi connectivity index (χ0n) is 13.8. The third-order valence-corrected chi connectivity index (χ3v) is 4.67. The summed E-state index contributed by atoms with van der Waals surface area (Å²) in [6.45, 7) is 0.468. The molecule has 0 radical (unpaired) electrons. The van der Waals surface area contributed by atoms with Crippen LogP contribution in [-0.4, -0.2) is 21.6 Å². The van der Waals surface area contributed by atoms with Crippen LogP contribution in [0.4, 0.5) is 0 Å². The predicted molar refractivity (Wildman–Crippen MR) is 102 cm³/mol. The van der Waals surface area contributed by atoms with Crippen molar-refractivity contribution in [2.24, 2.45) is 0 Å². The first kappa shape index (κ1) is 17.2. The van der Waals surface area contributed by atoms with Crippen LogP contribution in [0.2, 0.25) is 0 Å². The van der Waals surface area contributed by atoms with Crippen molar-refractivity contribution in [3.63, 3.8) is 0 Å². The summed E-state index contributed by atoms with van der Waals surface area (Å²) in [4.78, 5) is 20.6. The van der Waals surface area contributed by atoms with Gasteiger partial charge >= 0.3 is 0 Å². The van der Waals surface area contributed by atoms with E-state index in [9.17, 15) is 4.79 Å². The third-order valence-electron chi connectivity index (χ3n) is 3.67. The van der Waals surface area contributed by atoms with E-state index in [0.29, 0.717) is 12.3 Å². The molecule has 1 aromatic carbocycles. The van der Waals surface area contributed by atoms with Gasteiger partial charge in [0.25, 0.3) is 0 Å². The molecule has 25 heavy (non-hydrogen) atoms. The quantitative estimate of drug-likeness (QED) is 0.707. The SMILES string of the molecule is O=C(CSCc1ccccc1)NCc1cccnc1-c1ccncc1. The van der Waals surface area contributed by atoms with Crippen LogP contribution in [0.15, 0.2) is 73.2 Å². The number of aromatic nitrogens is 2. The molecule has 1 N–H and O–H groups in total. The second-order valence-corrected chi connectivity index (χ2v) is 6.49. The highest BCUT2D eigenvalue weighted by molar-refractivity contribution is 7.99. The summed E-state index contributed by atoms with van der Waals surface area (Å²) in [5.41, 5.74) is 4.10. The second kappa shape index (κ2) is 8.99. The van der Waals surface area contributed by atoms with Crippen molar-refractivity contribution >= 4 is 17.7 Å². The highest BCUT2D eigenvalue weighted by Crippen LogP contribution is 2.20. The van der Waals surface area contributed by atoms with Gasteiger partial charge in [-0.1, -0.05) is 36.4 Å². The van der Waals surface area contributed by atoms with Crippen molar-refractivity contribution < 1.29 is 4.79 Å². The van der Waals surface area contributed by atoms with Gasteiger partial charge in [0.2, 0.25) is 5.91 Å². The summed E-state index contributed by atoms with van der Waals surface area (Å²) in [5.74, 6) is 1.31. The van der Waals surface area contributed by atoms with Crippen molar-refractivity contribution in [2.45, 2.75) is 12.3 Å². The maximum absolute atomic E-state index is 12.1. The monoisotopic (exact) mass is 349 g/mol. The van der Waals surface area contributed by atoms with E-state index in [1.807, 2.05) is 42.5 Å². The zero-order chi connectivity index (χ0) is 17.3. The van der Waals surface area contributed by atoms with E-state index in [-0.39, 0.29) is 5.91 Å². The molecule has 0 aliphatic heterocycles.